The summed E-state index contributed by atoms with van der Waals surface area (Å²) in [6, 6.07) is 12.0. The number of imidazole rings is 1. The Morgan fingerprint density at radius 2 is 1.73 bits per heavy atom. The highest BCUT2D eigenvalue weighted by Crippen LogP contribution is 2.23. The van der Waals surface area contributed by atoms with Crippen molar-refractivity contribution in [3.8, 4) is 11.4 Å². The first kappa shape index (κ1) is 20.9. The molecule has 30 heavy (non-hydrogen) atoms. The molecule has 2 N–H and O–H groups in total. The normalized spacial score (nSPS) is 11.5. The van der Waals surface area contributed by atoms with Crippen LogP contribution in [0.1, 0.15) is 11.3 Å². The van der Waals surface area contributed by atoms with Gasteiger partial charge in [0.25, 0.3) is 10.0 Å². The topological polar surface area (TPSA) is 87.7 Å². The van der Waals surface area contributed by atoms with E-state index in [2.05, 4.69) is 19.7 Å². The molecule has 0 unspecified atom stereocenters. The van der Waals surface area contributed by atoms with Crippen LogP contribution >= 0.6 is 34.5 Å². The second-order valence-electron chi connectivity index (χ2n) is 6.50. The number of thiazole rings is 1. The van der Waals surface area contributed by atoms with Crippen LogP contribution in [0.4, 0.5) is 5.13 Å². The van der Waals surface area contributed by atoms with Crippen molar-refractivity contribution >= 4 is 49.7 Å². The zero-order chi connectivity index (χ0) is 21.1. The number of H-pyrrole nitrogens is 1. The van der Waals surface area contributed by atoms with E-state index in [9.17, 15) is 8.42 Å². The molecule has 0 fully saturated rings. The molecule has 0 atom stereocenters. The average molecular weight is 479 g/mol. The van der Waals surface area contributed by atoms with E-state index in [4.69, 9.17) is 23.2 Å². The van der Waals surface area contributed by atoms with Crippen molar-refractivity contribution in [2.45, 2.75) is 17.7 Å². The van der Waals surface area contributed by atoms with Crippen molar-refractivity contribution in [3.05, 3.63) is 81.5 Å². The van der Waals surface area contributed by atoms with Gasteiger partial charge in [-0.3, -0.25) is 4.72 Å². The van der Waals surface area contributed by atoms with E-state index in [1.807, 2.05) is 12.1 Å². The lowest BCUT2D eigenvalue weighted by Gasteiger charge is -2.06. The third-order valence-corrected chi connectivity index (χ3v) is 6.93. The quantitative estimate of drug-likeness (QED) is 0.370. The van der Waals surface area contributed by atoms with Gasteiger partial charge in [0, 0.05) is 39.1 Å². The standard InChI is InChI=1S/C20H16Cl2N4O2S2/c21-15-9-13(10-16(22)11-15)1-4-17-12-24-19(25-17)14-2-5-18(6-3-14)30(27,28)26-20-23-7-8-29-20/h2-3,5-12H,1,4H2,(H,23,26)(H,24,25). The average Bonchev–Trinajstić information content (AvgIpc) is 3.37. The number of aryl methyl sites for hydroxylation is 2. The monoisotopic (exact) mass is 478 g/mol. The molecular formula is C20H16Cl2N4O2S2. The number of anilines is 1. The molecular weight excluding hydrogens is 463 g/mol. The number of sulfonamides is 1. The summed E-state index contributed by atoms with van der Waals surface area (Å²) < 4.78 is 27.3. The Kier molecular flexibility index (Phi) is 6.10. The molecule has 0 bridgehead atoms. The van der Waals surface area contributed by atoms with E-state index in [-0.39, 0.29) is 4.90 Å². The van der Waals surface area contributed by atoms with Crippen LogP contribution in [0.5, 0.6) is 0 Å². The van der Waals surface area contributed by atoms with Crippen LogP contribution in [0, 0.1) is 0 Å². The van der Waals surface area contributed by atoms with Gasteiger partial charge in [-0.1, -0.05) is 23.2 Å². The number of hydrogen-bond acceptors (Lipinski definition) is 5. The molecule has 0 aliphatic heterocycles. The van der Waals surface area contributed by atoms with Crippen LogP contribution in [0.15, 0.2) is 65.1 Å². The van der Waals surface area contributed by atoms with Crippen molar-refractivity contribution in [1.29, 1.82) is 0 Å². The van der Waals surface area contributed by atoms with Gasteiger partial charge in [-0.25, -0.2) is 18.4 Å². The summed E-state index contributed by atoms with van der Waals surface area (Å²) in [5, 5.41) is 3.26. The molecule has 6 nitrogen and oxygen atoms in total. The summed E-state index contributed by atoms with van der Waals surface area (Å²) in [6.45, 7) is 0. The molecule has 0 aliphatic rings. The number of aromatic nitrogens is 3. The van der Waals surface area contributed by atoms with E-state index in [1.54, 1.807) is 48.1 Å². The lowest BCUT2D eigenvalue weighted by molar-refractivity contribution is 0.601. The molecule has 2 heterocycles. The zero-order valence-electron chi connectivity index (χ0n) is 15.5. The highest BCUT2D eigenvalue weighted by Gasteiger charge is 2.16. The fourth-order valence-electron chi connectivity index (χ4n) is 2.91. The lowest BCUT2D eigenvalue weighted by Crippen LogP contribution is -2.12. The first-order chi connectivity index (χ1) is 14.4. The summed E-state index contributed by atoms with van der Waals surface area (Å²) in [7, 11) is -3.68. The predicted molar refractivity (Wildman–Crippen MR) is 121 cm³/mol. The maximum atomic E-state index is 12.4. The van der Waals surface area contributed by atoms with Crippen LogP contribution in [0.25, 0.3) is 11.4 Å². The molecule has 0 saturated carbocycles. The second-order valence-corrected chi connectivity index (χ2v) is 9.95. The van der Waals surface area contributed by atoms with Crippen molar-refractivity contribution < 1.29 is 8.42 Å². The van der Waals surface area contributed by atoms with E-state index in [1.165, 1.54) is 11.3 Å². The van der Waals surface area contributed by atoms with Gasteiger partial charge in [0.2, 0.25) is 0 Å². The second kappa shape index (κ2) is 8.77. The summed E-state index contributed by atoms with van der Waals surface area (Å²) in [5.41, 5.74) is 2.80. The molecule has 154 valence electrons. The van der Waals surface area contributed by atoms with Crippen LogP contribution in [0.2, 0.25) is 10.0 Å². The Morgan fingerprint density at radius 1 is 1.00 bits per heavy atom. The highest BCUT2D eigenvalue weighted by atomic mass is 35.5. The molecule has 2 aromatic carbocycles. The largest absolute Gasteiger partial charge is 0.342 e. The Morgan fingerprint density at radius 3 is 2.40 bits per heavy atom. The van der Waals surface area contributed by atoms with Crippen molar-refractivity contribution in [3.63, 3.8) is 0 Å². The minimum absolute atomic E-state index is 0.158. The zero-order valence-corrected chi connectivity index (χ0v) is 18.6. The maximum Gasteiger partial charge on any atom is 0.263 e. The van der Waals surface area contributed by atoms with E-state index >= 15 is 0 Å². The van der Waals surface area contributed by atoms with Gasteiger partial charge in [-0.2, -0.15) is 0 Å². The maximum absolute atomic E-state index is 12.4. The van der Waals surface area contributed by atoms with E-state index < -0.39 is 10.0 Å². The van der Waals surface area contributed by atoms with Gasteiger partial charge in [0.15, 0.2) is 5.13 Å². The number of rotatable bonds is 7. The fraction of sp³-hybridized carbons (Fsp3) is 0.100. The Balaban J connectivity index is 1.44. The van der Waals surface area contributed by atoms with Gasteiger partial charge in [-0.05, 0) is 60.9 Å². The minimum Gasteiger partial charge on any atom is -0.342 e. The van der Waals surface area contributed by atoms with E-state index in [0.29, 0.717) is 21.0 Å². The summed E-state index contributed by atoms with van der Waals surface area (Å²) in [6.07, 6.45) is 4.83. The molecule has 0 amide bonds. The molecule has 0 aliphatic carbocycles. The molecule has 2 aromatic heterocycles. The van der Waals surface area contributed by atoms with Crippen LogP contribution < -0.4 is 4.72 Å². The highest BCUT2D eigenvalue weighted by molar-refractivity contribution is 7.93. The van der Waals surface area contributed by atoms with Gasteiger partial charge in [-0.15, -0.1) is 11.3 Å². The first-order valence-corrected chi connectivity index (χ1v) is 12.0. The number of nitrogens with one attached hydrogen (secondary N) is 2. The van der Waals surface area contributed by atoms with Gasteiger partial charge >= 0.3 is 0 Å². The first-order valence-electron chi connectivity index (χ1n) is 8.91. The minimum atomic E-state index is -3.68. The molecule has 4 rings (SSSR count). The van der Waals surface area contributed by atoms with Crippen molar-refractivity contribution in [1.82, 2.24) is 15.0 Å². The smallest absolute Gasteiger partial charge is 0.263 e. The predicted octanol–water partition coefficient (Wildman–Crippen LogP) is 5.43. The fourth-order valence-corrected chi connectivity index (χ4v) is 5.27. The molecule has 4 aromatic rings. The number of benzene rings is 2. The Bertz CT molecular complexity index is 1230. The molecule has 0 spiro atoms. The number of aromatic amines is 1. The third kappa shape index (κ3) is 5.02. The third-order valence-electron chi connectivity index (χ3n) is 4.33. The van der Waals surface area contributed by atoms with Crippen LogP contribution in [-0.4, -0.2) is 23.4 Å². The van der Waals surface area contributed by atoms with Gasteiger partial charge in [0.1, 0.15) is 5.82 Å². The van der Waals surface area contributed by atoms with Crippen LogP contribution in [0.3, 0.4) is 0 Å². The van der Waals surface area contributed by atoms with Crippen molar-refractivity contribution in [2.24, 2.45) is 0 Å². The summed E-state index contributed by atoms with van der Waals surface area (Å²) in [5.74, 6) is 0.672. The van der Waals surface area contributed by atoms with Crippen LogP contribution in [-0.2, 0) is 22.9 Å². The number of nitrogens with zero attached hydrogens (tertiary/aromatic N) is 2. The number of hydrogen-bond donors (Lipinski definition) is 2. The number of halogens is 2. The Labute approximate surface area is 188 Å². The molecule has 0 saturated heterocycles. The molecule has 10 heteroatoms. The Hall–Kier alpha value is -2.39. The SMILES string of the molecule is O=S(=O)(Nc1nccs1)c1ccc(-c2ncc(CCc3cc(Cl)cc(Cl)c3)[nH]2)cc1. The lowest BCUT2D eigenvalue weighted by atomic mass is 10.1. The summed E-state index contributed by atoms with van der Waals surface area (Å²) >= 11 is 13.3. The van der Waals surface area contributed by atoms with Gasteiger partial charge in [0.05, 0.1) is 4.90 Å². The van der Waals surface area contributed by atoms with E-state index in [0.717, 1.165) is 29.7 Å². The summed E-state index contributed by atoms with van der Waals surface area (Å²) in [4.78, 5) is 11.8. The van der Waals surface area contributed by atoms with Gasteiger partial charge < -0.3 is 4.98 Å². The van der Waals surface area contributed by atoms with Crippen molar-refractivity contribution in [2.75, 3.05) is 4.72 Å². The molecule has 0 radical (unpaired) electrons.